The molecule has 1 aliphatic rings. The molecule has 5 heteroatoms. The molecule has 2 rings (SSSR count). The van der Waals surface area contributed by atoms with E-state index in [1.165, 1.54) is 0 Å². The predicted molar refractivity (Wildman–Crippen MR) is 97.1 cm³/mol. The van der Waals surface area contributed by atoms with Crippen LogP contribution in [0.25, 0.3) is 0 Å². The van der Waals surface area contributed by atoms with Crippen molar-refractivity contribution >= 4 is 24.4 Å². The molecule has 1 aromatic carbocycles. The van der Waals surface area contributed by atoms with Crippen molar-refractivity contribution in [3.05, 3.63) is 29.3 Å². The largest absolute Gasteiger partial charge is 0.444 e. The van der Waals surface area contributed by atoms with Gasteiger partial charge in [-0.1, -0.05) is 5.92 Å². The van der Waals surface area contributed by atoms with Crippen LogP contribution in [0.1, 0.15) is 31.9 Å². The van der Waals surface area contributed by atoms with Crippen LogP contribution >= 0.6 is 12.6 Å². The lowest BCUT2D eigenvalue weighted by Crippen LogP contribution is -2.50. The van der Waals surface area contributed by atoms with Gasteiger partial charge < -0.3 is 14.5 Å². The van der Waals surface area contributed by atoms with Crippen LogP contribution in [-0.2, 0) is 10.5 Å². The van der Waals surface area contributed by atoms with Gasteiger partial charge in [-0.15, -0.1) is 6.42 Å². The summed E-state index contributed by atoms with van der Waals surface area (Å²) in [5.41, 5.74) is 2.60. The Hall–Kier alpha value is -1.80. The average Bonchev–Trinajstić information content (AvgIpc) is 2.52. The van der Waals surface area contributed by atoms with Crippen molar-refractivity contribution in [2.24, 2.45) is 0 Å². The summed E-state index contributed by atoms with van der Waals surface area (Å²) in [6.45, 7) is 8.46. The summed E-state index contributed by atoms with van der Waals surface area (Å²) in [4.78, 5) is 16.1. The third-order valence-electron chi connectivity index (χ3n) is 3.62. The molecule has 124 valence electrons. The van der Waals surface area contributed by atoms with E-state index >= 15 is 0 Å². The number of thiol groups is 1. The molecule has 0 aliphatic carbocycles. The Morgan fingerprint density at radius 1 is 1.26 bits per heavy atom. The molecule has 0 unspecified atom stereocenters. The number of benzene rings is 1. The molecular weight excluding hydrogens is 308 g/mol. The van der Waals surface area contributed by atoms with Crippen molar-refractivity contribution in [2.45, 2.75) is 32.1 Å². The third kappa shape index (κ3) is 4.84. The number of rotatable bonds is 2. The van der Waals surface area contributed by atoms with Crippen molar-refractivity contribution in [3.8, 4) is 12.3 Å². The molecule has 1 aliphatic heterocycles. The number of hydrogen-bond acceptors (Lipinski definition) is 4. The highest BCUT2D eigenvalue weighted by molar-refractivity contribution is 7.79. The Labute approximate surface area is 144 Å². The zero-order chi connectivity index (χ0) is 17.0. The van der Waals surface area contributed by atoms with Gasteiger partial charge in [0.1, 0.15) is 5.60 Å². The summed E-state index contributed by atoms with van der Waals surface area (Å²) in [6.07, 6.45) is 5.28. The summed E-state index contributed by atoms with van der Waals surface area (Å²) >= 11 is 4.33. The molecule has 0 aromatic heterocycles. The lowest BCUT2D eigenvalue weighted by Gasteiger charge is -2.37. The molecule has 1 saturated heterocycles. The fourth-order valence-corrected chi connectivity index (χ4v) is 2.69. The molecule has 0 N–H and O–H groups in total. The second-order valence-corrected chi connectivity index (χ2v) is 6.96. The quantitative estimate of drug-likeness (QED) is 0.667. The first-order chi connectivity index (χ1) is 10.8. The van der Waals surface area contributed by atoms with E-state index in [0.29, 0.717) is 18.8 Å². The van der Waals surface area contributed by atoms with E-state index in [1.807, 2.05) is 32.9 Å². The SMILES string of the molecule is C#Cc1cc(CS)cc(N2CCN(C(=O)OC(C)(C)C)CC2)c1. The van der Waals surface area contributed by atoms with Crippen LogP contribution in [0.2, 0.25) is 0 Å². The van der Waals surface area contributed by atoms with Crippen LogP contribution in [0.3, 0.4) is 0 Å². The number of piperazine rings is 1. The van der Waals surface area contributed by atoms with Gasteiger partial charge in [0.15, 0.2) is 0 Å². The number of ether oxygens (including phenoxy) is 1. The van der Waals surface area contributed by atoms with Gasteiger partial charge in [-0.25, -0.2) is 4.79 Å². The highest BCUT2D eigenvalue weighted by Gasteiger charge is 2.26. The van der Waals surface area contributed by atoms with Crippen molar-refractivity contribution in [1.82, 2.24) is 4.90 Å². The Kier molecular flexibility index (Phi) is 5.48. The van der Waals surface area contributed by atoms with Crippen molar-refractivity contribution in [1.29, 1.82) is 0 Å². The van der Waals surface area contributed by atoms with Gasteiger partial charge in [0.2, 0.25) is 0 Å². The molecule has 0 bridgehead atoms. The number of anilines is 1. The molecule has 1 aromatic rings. The van der Waals surface area contributed by atoms with Crippen LogP contribution < -0.4 is 4.90 Å². The lowest BCUT2D eigenvalue weighted by molar-refractivity contribution is 0.0240. The monoisotopic (exact) mass is 332 g/mol. The summed E-state index contributed by atoms with van der Waals surface area (Å²) in [7, 11) is 0. The molecule has 0 saturated carbocycles. The van der Waals surface area contributed by atoms with Gasteiger partial charge in [0.25, 0.3) is 0 Å². The maximum Gasteiger partial charge on any atom is 0.410 e. The molecule has 0 spiro atoms. The van der Waals surface area contributed by atoms with Crippen LogP contribution in [0, 0.1) is 12.3 Å². The lowest BCUT2D eigenvalue weighted by atomic mass is 10.1. The van der Waals surface area contributed by atoms with Crippen molar-refractivity contribution < 1.29 is 9.53 Å². The van der Waals surface area contributed by atoms with Gasteiger partial charge in [-0.3, -0.25) is 0 Å². The molecule has 0 atom stereocenters. The van der Waals surface area contributed by atoms with Gasteiger partial charge in [-0.05, 0) is 44.5 Å². The standard InChI is InChI=1S/C18H24N2O2S/c1-5-14-10-15(13-23)12-16(11-14)19-6-8-20(9-7-19)17(21)22-18(2,3)4/h1,10-12,23H,6-9,13H2,2-4H3. The first-order valence-electron chi connectivity index (χ1n) is 7.77. The van der Waals surface area contributed by atoms with Crippen LogP contribution in [0.4, 0.5) is 10.5 Å². The summed E-state index contributed by atoms with van der Waals surface area (Å²) < 4.78 is 5.42. The Bertz CT molecular complexity index is 608. The van der Waals surface area contributed by atoms with E-state index in [2.05, 4.69) is 29.5 Å². The minimum atomic E-state index is -0.461. The van der Waals surface area contributed by atoms with Crippen molar-refractivity contribution in [3.63, 3.8) is 0 Å². The maximum atomic E-state index is 12.1. The van der Waals surface area contributed by atoms with Crippen LogP contribution in [0.15, 0.2) is 18.2 Å². The van der Waals surface area contributed by atoms with E-state index in [1.54, 1.807) is 4.90 Å². The topological polar surface area (TPSA) is 32.8 Å². The van der Waals surface area contributed by atoms with Crippen molar-refractivity contribution in [2.75, 3.05) is 31.1 Å². The first kappa shape index (κ1) is 17.6. The second-order valence-electron chi connectivity index (χ2n) is 6.65. The van der Waals surface area contributed by atoms with Gasteiger partial charge in [-0.2, -0.15) is 12.6 Å². The Balaban J connectivity index is 2.02. The molecule has 1 heterocycles. The fraction of sp³-hybridized carbons (Fsp3) is 0.500. The number of carbonyl (C=O) groups excluding carboxylic acids is 1. The summed E-state index contributed by atoms with van der Waals surface area (Å²) in [5.74, 6) is 3.34. The van der Waals surface area contributed by atoms with E-state index in [-0.39, 0.29) is 6.09 Å². The van der Waals surface area contributed by atoms with Crippen LogP contribution in [0.5, 0.6) is 0 Å². The smallest absolute Gasteiger partial charge is 0.410 e. The fourth-order valence-electron chi connectivity index (χ4n) is 2.50. The van der Waals surface area contributed by atoms with Crippen LogP contribution in [-0.4, -0.2) is 42.8 Å². The molecule has 1 amide bonds. The molecule has 1 fully saturated rings. The van der Waals surface area contributed by atoms with Gasteiger partial charge in [0.05, 0.1) is 0 Å². The second kappa shape index (κ2) is 7.18. The number of amides is 1. The highest BCUT2D eigenvalue weighted by atomic mass is 32.1. The summed E-state index contributed by atoms with van der Waals surface area (Å²) in [6, 6.07) is 6.10. The summed E-state index contributed by atoms with van der Waals surface area (Å²) in [5, 5.41) is 0. The molecule has 23 heavy (non-hydrogen) atoms. The average molecular weight is 332 g/mol. The minimum absolute atomic E-state index is 0.245. The number of hydrogen-bond donors (Lipinski definition) is 1. The molecular formula is C18H24N2O2S. The van der Waals surface area contributed by atoms with E-state index in [9.17, 15) is 4.79 Å². The molecule has 0 radical (unpaired) electrons. The molecule has 4 nitrogen and oxygen atoms in total. The predicted octanol–water partition coefficient (Wildman–Crippen LogP) is 3.15. The van der Waals surface area contributed by atoms with Gasteiger partial charge in [0, 0.05) is 43.2 Å². The Morgan fingerprint density at radius 3 is 2.43 bits per heavy atom. The third-order valence-corrected chi connectivity index (χ3v) is 3.99. The van der Waals surface area contributed by atoms with Gasteiger partial charge >= 0.3 is 6.09 Å². The van der Waals surface area contributed by atoms with E-state index in [0.717, 1.165) is 29.9 Å². The zero-order valence-corrected chi connectivity index (χ0v) is 14.9. The van der Waals surface area contributed by atoms with E-state index < -0.39 is 5.60 Å². The maximum absolute atomic E-state index is 12.1. The highest BCUT2D eigenvalue weighted by Crippen LogP contribution is 2.22. The minimum Gasteiger partial charge on any atom is -0.444 e. The normalized spacial score (nSPS) is 15.3. The Morgan fingerprint density at radius 2 is 1.91 bits per heavy atom. The number of terminal acetylenes is 1. The number of nitrogens with zero attached hydrogens (tertiary/aromatic N) is 2. The zero-order valence-electron chi connectivity index (χ0n) is 14.0. The van der Waals surface area contributed by atoms with E-state index in [4.69, 9.17) is 11.2 Å². The number of carbonyl (C=O) groups is 1. The first-order valence-corrected chi connectivity index (χ1v) is 8.40.